The minimum absolute atomic E-state index is 0.159. The lowest BCUT2D eigenvalue weighted by Gasteiger charge is -2.18. The molecule has 3 aromatic rings. The van der Waals surface area contributed by atoms with Crippen LogP contribution in [0.4, 0.5) is 11.4 Å². The number of allylic oxidation sites excluding steroid dienone is 1. The van der Waals surface area contributed by atoms with Crippen LogP contribution in [0.2, 0.25) is 0 Å². The van der Waals surface area contributed by atoms with E-state index in [4.69, 9.17) is 0 Å². The lowest BCUT2D eigenvalue weighted by Crippen LogP contribution is -2.22. The Morgan fingerprint density at radius 1 is 0.793 bits per heavy atom. The summed E-state index contributed by atoms with van der Waals surface area (Å²) in [6.45, 7) is 3.99. The number of benzene rings is 3. The van der Waals surface area contributed by atoms with Gasteiger partial charge in [-0.1, -0.05) is 66.2 Å². The molecule has 0 saturated heterocycles. The number of aryl methyl sites for hydroxylation is 2. The Morgan fingerprint density at radius 2 is 1.52 bits per heavy atom. The van der Waals surface area contributed by atoms with Gasteiger partial charge in [-0.2, -0.15) is 0 Å². The highest BCUT2D eigenvalue weighted by molar-refractivity contribution is 6.52. The van der Waals surface area contributed by atoms with E-state index >= 15 is 0 Å². The molecular formula is C24H20N4O. The summed E-state index contributed by atoms with van der Waals surface area (Å²) in [6, 6.07) is 23.2. The molecule has 5 heteroatoms. The highest BCUT2D eigenvalue weighted by Crippen LogP contribution is 2.25. The van der Waals surface area contributed by atoms with Crippen molar-refractivity contribution in [1.29, 1.82) is 0 Å². The van der Waals surface area contributed by atoms with Crippen molar-refractivity contribution in [1.82, 2.24) is 0 Å². The van der Waals surface area contributed by atoms with Crippen molar-refractivity contribution < 1.29 is 4.79 Å². The Bertz CT molecular complexity index is 1140. The summed E-state index contributed by atoms with van der Waals surface area (Å²) in [5.74, 6) is -0.159. The number of nitrogens with zero attached hydrogens (tertiary/aromatic N) is 4. The highest BCUT2D eigenvalue weighted by Gasteiger charge is 2.21. The van der Waals surface area contributed by atoms with Crippen LogP contribution in [-0.2, 0) is 4.79 Å². The summed E-state index contributed by atoms with van der Waals surface area (Å²) in [4.78, 5) is 12.6. The fraction of sp³-hybridized carbons (Fsp3) is 0.0833. The van der Waals surface area contributed by atoms with Crippen LogP contribution in [0.3, 0.4) is 0 Å². The van der Waals surface area contributed by atoms with Gasteiger partial charge in [0.2, 0.25) is 5.78 Å². The van der Waals surface area contributed by atoms with Crippen molar-refractivity contribution in [3.05, 3.63) is 101 Å². The maximum Gasteiger partial charge on any atom is 0.206 e. The Kier molecular flexibility index (Phi) is 5.12. The molecule has 0 bridgehead atoms. The number of hydrogen-bond acceptors (Lipinski definition) is 4. The fourth-order valence-corrected chi connectivity index (χ4v) is 3.05. The zero-order valence-corrected chi connectivity index (χ0v) is 16.3. The molecule has 0 aliphatic heterocycles. The molecule has 1 aliphatic rings. The second-order valence-corrected chi connectivity index (χ2v) is 6.83. The van der Waals surface area contributed by atoms with Gasteiger partial charge in [-0.05, 0) is 54.5 Å². The van der Waals surface area contributed by atoms with Crippen LogP contribution >= 0.6 is 0 Å². The van der Waals surface area contributed by atoms with Crippen LogP contribution in [0.5, 0.6) is 0 Å². The molecule has 0 aromatic heterocycles. The number of fused-ring (bicyclic) bond motifs is 1. The quantitative estimate of drug-likeness (QED) is 0.424. The Balaban J connectivity index is 1.79. The van der Waals surface area contributed by atoms with E-state index in [2.05, 4.69) is 15.4 Å². The van der Waals surface area contributed by atoms with Gasteiger partial charge in [0, 0.05) is 5.56 Å². The molecule has 29 heavy (non-hydrogen) atoms. The minimum atomic E-state index is -0.159. The van der Waals surface area contributed by atoms with E-state index in [1.54, 1.807) is 0 Å². The van der Waals surface area contributed by atoms with E-state index in [9.17, 15) is 4.79 Å². The van der Waals surface area contributed by atoms with Gasteiger partial charge < -0.3 is 0 Å². The first-order chi connectivity index (χ1) is 14.1. The van der Waals surface area contributed by atoms with Gasteiger partial charge >= 0.3 is 0 Å². The van der Waals surface area contributed by atoms with Gasteiger partial charge in [-0.3, -0.25) is 4.79 Å². The van der Waals surface area contributed by atoms with Crippen LogP contribution in [0.1, 0.15) is 22.3 Å². The fourth-order valence-electron chi connectivity index (χ4n) is 3.05. The molecule has 142 valence electrons. The predicted molar refractivity (Wildman–Crippen MR) is 116 cm³/mol. The zero-order chi connectivity index (χ0) is 20.2. The molecule has 0 heterocycles. The number of anilines is 1. The smallest absolute Gasteiger partial charge is 0.206 e. The molecule has 0 atom stereocenters. The normalized spacial score (nSPS) is 14.4. The standard InChI is InChI=1S/C24H20N4O/c1-17-11-14-20(15-12-17)25-27-28(22-10-6-3-7-18(22)2)26-24-21-9-5-4-8-19(21)13-16-23(24)29/h3-16H,1-2H3. The van der Waals surface area contributed by atoms with E-state index in [1.807, 2.05) is 92.7 Å². The third kappa shape index (κ3) is 4.04. The maximum atomic E-state index is 12.6. The predicted octanol–water partition coefficient (Wildman–Crippen LogP) is 5.81. The van der Waals surface area contributed by atoms with Crippen molar-refractivity contribution in [2.75, 3.05) is 5.12 Å². The lowest BCUT2D eigenvalue weighted by atomic mass is 9.95. The van der Waals surface area contributed by atoms with Gasteiger partial charge in [0.25, 0.3) is 0 Å². The Hall–Kier alpha value is -3.86. The first kappa shape index (κ1) is 18.5. The second kappa shape index (κ2) is 8.02. The summed E-state index contributed by atoms with van der Waals surface area (Å²) in [6.07, 6.45) is 3.34. The monoisotopic (exact) mass is 380 g/mol. The van der Waals surface area contributed by atoms with Crippen molar-refractivity contribution in [3.8, 4) is 0 Å². The number of hydrogen-bond donors (Lipinski definition) is 0. The molecule has 0 N–H and O–H groups in total. The van der Waals surface area contributed by atoms with Gasteiger partial charge in [0.1, 0.15) is 5.71 Å². The van der Waals surface area contributed by atoms with Crippen LogP contribution in [-0.4, -0.2) is 11.5 Å². The maximum absolute atomic E-state index is 12.6. The largest absolute Gasteiger partial charge is 0.287 e. The Morgan fingerprint density at radius 3 is 2.31 bits per heavy atom. The lowest BCUT2D eigenvalue weighted by molar-refractivity contribution is -0.108. The average Bonchev–Trinajstić information content (AvgIpc) is 2.74. The summed E-state index contributed by atoms with van der Waals surface area (Å²) < 4.78 is 0. The SMILES string of the molecule is Cc1ccc(N=NN(N=C2C(=O)C=Cc3ccccc32)c2ccccc2C)cc1. The molecule has 0 radical (unpaired) electrons. The number of rotatable bonds is 4. The van der Waals surface area contributed by atoms with Crippen LogP contribution in [0, 0.1) is 13.8 Å². The topological polar surface area (TPSA) is 57.4 Å². The van der Waals surface area contributed by atoms with Crippen molar-refractivity contribution in [2.24, 2.45) is 15.4 Å². The molecule has 0 spiro atoms. The summed E-state index contributed by atoms with van der Waals surface area (Å²) >= 11 is 0. The van der Waals surface area contributed by atoms with Crippen LogP contribution in [0.25, 0.3) is 6.08 Å². The van der Waals surface area contributed by atoms with Crippen molar-refractivity contribution >= 4 is 28.9 Å². The Labute approximate surface area is 169 Å². The number of hydrazone groups is 1. The number of carbonyl (C=O) groups is 1. The van der Waals surface area contributed by atoms with E-state index in [1.165, 1.54) is 11.2 Å². The van der Waals surface area contributed by atoms with E-state index in [0.717, 1.165) is 27.9 Å². The first-order valence-electron chi connectivity index (χ1n) is 9.36. The molecule has 5 nitrogen and oxygen atoms in total. The van der Waals surface area contributed by atoms with E-state index in [0.29, 0.717) is 11.4 Å². The third-order valence-electron chi connectivity index (χ3n) is 4.67. The zero-order valence-electron chi connectivity index (χ0n) is 16.3. The van der Waals surface area contributed by atoms with Gasteiger partial charge in [0.05, 0.1) is 11.4 Å². The van der Waals surface area contributed by atoms with E-state index < -0.39 is 0 Å². The van der Waals surface area contributed by atoms with Crippen LogP contribution < -0.4 is 5.12 Å². The molecule has 3 aromatic carbocycles. The number of para-hydroxylation sites is 1. The molecule has 1 aliphatic carbocycles. The van der Waals surface area contributed by atoms with Crippen molar-refractivity contribution in [3.63, 3.8) is 0 Å². The molecule has 0 fully saturated rings. The summed E-state index contributed by atoms with van der Waals surface area (Å²) in [7, 11) is 0. The summed E-state index contributed by atoms with van der Waals surface area (Å²) in [5, 5.41) is 14.7. The number of carbonyl (C=O) groups excluding carboxylic acids is 1. The molecule has 0 amide bonds. The third-order valence-corrected chi connectivity index (χ3v) is 4.67. The minimum Gasteiger partial charge on any atom is -0.287 e. The second-order valence-electron chi connectivity index (χ2n) is 6.83. The van der Waals surface area contributed by atoms with Gasteiger partial charge in [-0.15, -0.1) is 15.3 Å². The molecule has 4 rings (SSSR count). The highest BCUT2D eigenvalue weighted by atomic mass is 16.1. The van der Waals surface area contributed by atoms with Gasteiger partial charge in [0.15, 0.2) is 0 Å². The van der Waals surface area contributed by atoms with Crippen molar-refractivity contribution in [2.45, 2.75) is 13.8 Å². The average molecular weight is 380 g/mol. The van der Waals surface area contributed by atoms with Crippen LogP contribution in [0.15, 0.2) is 94.3 Å². The van der Waals surface area contributed by atoms with Gasteiger partial charge in [-0.25, -0.2) is 0 Å². The molecular weight excluding hydrogens is 360 g/mol. The van der Waals surface area contributed by atoms with E-state index in [-0.39, 0.29) is 5.78 Å². The first-order valence-corrected chi connectivity index (χ1v) is 9.36. The summed E-state index contributed by atoms with van der Waals surface area (Å²) in [5.41, 5.74) is 5.67. The number of ketones is 1. The molecule has 0 unspecified atom stereocenters. The molecule has 0 saturated carbocycles.